The molecule has 0 fully saturated rings. The van der Waals surface area contributed by atoms with Crippen molar-refractivity contribution >= 4 is 9.84 Å². The first kappa shape index (κ1) is 11.2. The van der Waals surface area contributed by atoms with Gasteiger partial charge in [0.25, 0.3) is 0 Å². The minimum absolute atomic E-state index is 0.0231. The van der Waals surface area contributed by atoms with E-state index in [0.717, 1.165) is 6.26 Å². The molecule has 0 aliphatic carbocycles. The van der Waals surface area contributed by atoms with Crippen molar-refractivity contribution in [2.75, 3.05) is 12.0 Å². The number of aliphatic hydroxyl groups excluding tert-OH is 1. The Bertz CT molecular complexity index is 396. The normalized spacial score (nSPS) is 14.2. The van der Waals surface area contributed by atoms with Crippen LogP contribution in [0.5, 0.6) is 0 Å². The van der Waals surface area contributed by atoms with Crippen LogP contribution in [0.25, 0.3) is 0 Å². The van der Waals surface area contributed by atoms with Gasteiger partial charge >= 0.3 is 0 Å². The number of aromatic nitrogens is 2. The molecule has 0 aliphatic heterocycles. The Kier molecular flexibility index (Phi) is 3.28. The summed E-state index contributed by atoms with van der Waals surface area (Å²) in [6.07, 6.45) is 2.25. The molecule has 1 unspecified atom stereocenters. The highest BCUT2D eigenvalue weighted by Crippen LogP contribution is 2.14. The summed E-state index contributed by atoms with van der Waals surface area (Å²) >= 11 is 0. The van der Waals surface area contributed by atoms with Gasteiger partial charge in [0.15, 0.2) is 0 Å². The van der Waals surface area contributed by atoms with Crippen LogP contribution in [0.3, 0.4) is 0 Å². The lowest BCUT2D eigenvalue weighted by Crippen LogP contribution is -2.09. The van der Waals surface area contributed by atoms with Gasteiger partial charge < -0.3 is 5.11 Å². The van der Waals surface area contributed by atoms with Crippen LogP contribution in [0.15, 0.2) is 12.3 Å². The molecule has 6 heteroatoms. The molecule has 80 valence electrons. The first-order valence-corrected chi connectivity index (χ1v) is 6.30. The molecule has 0 spiro atoms. The van der Waals surface area contributed by atoms with Gasteiger partial charge in [-0.3, -0.25) is 4.68 Å². The lowest BCUT2D eigenvalue weighted by Gasteiger charge is -2.05. The molecule has 0 aliphatic rings. The average Bonchev–Trinajstić information content (AvgIpc) is 2.46. The zero-order chi connectivity index (χ0) is 10.8. The summed E-state index contributed by atoms with van der Waals surface area (Å²) in [5.41, 5.74) is 0.510. The third-order valence-corrected chi connectivity index (χ3v) is 2.82. The van der Waals surface area contributed by atoms with E-state index in [1.807, 2.05) is 0 Å². The summed E-state index contributed by atoms with van der Waals surface area (Å²) in [5, 5.41) is 13.5. The van der Waals surface area contributed by atoms with Crippen LogP contribution in [0.4, 0.5) is 0 Å². The minimum atomic E-state index is -3.01. The molecular weight excluding hydrogens is 204 g/mol. The van der Waals surface area contributed by atoms with Crippen molar-refractivity contribution < 1.29 is 13.5 Å². The maximum absolute atomic E-state index is 10.8. The highest BCUT2D eigenvalue weighted by atomic mass is 32.2. The largest absolute Gasteiger partial charge is 0.387 e. The molecule has 0 bridgehead atoms. The summed E-state index contributed by atoms with van der Waals surface area (Å²) in [6.45, 7) is 0. The van der Waals surface area contributed by atoms with E-state index < -0.39 is 15.9 Å². The standard InChI is InChI=1S/C8H14N2O3S/c1-10-5-3-7(9-10)8(11)4-6-14(2,12)13/h3,5,8,11H,4,6H2,1-2H3. The van der Waals surface area contributed by atoms with E-state index >= 15 is 0 Å². The van der Waals surface area contributed by atoms with Crippen LogP contribution in [-0.2, 0) is 16.9 Å². The number of hydrogen-bond acceptors (Lipinski definition) is 4. The van der Waals surface area contributed by atoms with Gasteiger partial charge in [0, 0.05) is 19.5 Å². The lowest BCUT2D eigenvalue weighted by molar-refractivity contribution is 0.168. The number of nitrogens with zero attached hydrogens (tertiary/aromatic N) is 2. The van der Waals surface area contributed by atoms with E-state index in [0.29, 0.717) is 5.69 Å². The van der Waals surface area contributed by atoms with E-state index in [4.69, 9.17) is 0 Å². The molecule has 0 aromatic carbocycles. The number of hydrogen-bond donors (Lipinski definition) is 1. The van der Waals surface area contributed by atoms with Crippen molar-refractivity contribution in [1.29, 1.82) is 0 Å². The fraction of sp³-hybridized carbons (Fsp3) is 0.625. The summed E-state index contributed by atoms with van der Waals surface area (Å²) in [6, 6.07) is 1.67. The molecule has 1 atom stereocenters. The van der Waals surface area contributed by atoms with Crippen molar-refractivity contribution in [2.45, 2.75) is 12.5 Å². The van der Waals surface area contributed by atoms with E-state index in [1.165, 1.54) is 0 Å². The third-order valence-electron chi connectivity index (χ3n) is 1.84. The second-order valence-electron chi connectivity index (χ2n) is 3.35. The van der Waals surface area contributed by atoms with Crippen molar-refractivity contribution in [3.8, 4) is 0 Å². The maximum atomic E-state index is 10.8. The first-order chi connectivity index (χ1) is 6.38. The summed E-state index contributed by atoms with van der Waals surface area (Å²) < 4.78 is 23.2. The average molecular weight is 218 g/mol. The number of sulfone groups is 1. The summed E-state index contributed by atoms with van der Waals surface area (Å²) in [5.74, 6) is -0.0231. The molecule has 0 saturated heterocycles. The summed E-state index contributed by atoms with van der Waals surface area (Å²) in [7, 11) is -1.27. The van der Waals surface area contributed by atoms with E-state index in [2.05, 4.69) is 5.10 Å². The molecule has 0 amide bonds. The lowest BCUT2D eigenvalue weighted by atomic mass is 10.2. The number of rotatable bonds is 4. The van der Waals surface area contributed by atoms with Gasteiger partial charge in [0.05, 0.1) is 17.6 Å². The first-order valence-electron chi connectivity index (χ1n) is 4.24. The van der Waals surface area contributed by atoms with Crippen LogP contribution in [0.2, 0.25) is 0 Å². The Morgan fingerprint density at radius 1 is 1.64 bits per heavy atom. The molecule has 5 nitrogen and oxygen atoms in total. The van der Waals surface area contributed by atoms with Gasteiger partial charge in [-0.25, -0.2) is 8.42 Å². The van der Waals surface area contributed by atoms with Gasteiger partial charge in [-0.05, 0) is 12.5 Å². The van der Waals surface area contributed by atoms with E-state index in [1.54, 1.807) is 24.0 Å². The third kappa shape index (κ3) is 3.47. The maximum Gasteiger partial charge on any atom is 0.147 e. The van der Waals surface area contributed by atoms with Crippen molar-refractivity contribution in [2.24, 2.45) is 7.05 Å². The van der Waals surface area contributed by atoms with Crippen molar-refractivity contribution in [3.63, 3.8) is 0 Å². The topological polar surface area (TPSA) is 72.2 Å². The number of aliphatic hydroxyl groups is 1. The van der Waals surface area contributed by atoms with Crippen LogP contribution in [0.1, 0.15) is 18.2 Å². The predicted octanol–water partition coefficient (Wildman–Crippen LogP) is -0.112. The van der Waals surface area contributed by atoms with Crippen LogP contribution in [-0.4, -0.2) is 35.3 Å². The van der Waals surface area contributed by atoms with Gasteiger partial charge in [0.1, 0.15) is 9.84 Å². The highest BCUT2D eigenvalue weighted by molar-refractivity contribution is 7.90. The Morgan fingerprint density at radius 3 is 2.71 bits per heavy atom. The van der Waals surface area contributed by atoms with Crippen LogP contribution in [0, 0.1) is 0 Å². The highest BCUT2D eigenvalue weighted by Gasteiger charge is 2.13. The van der Waals surface area contributed by atoms with Crippen LogP contribution >= 0.6 is 0 Å². The second-order valence-corrected chi connectivity index (χ2v) is 5.61. The molecule has 1 aromatic heterocycles. The molecule has 1 heterocycles. The van der Waals surface area contributed by atoms with Gasteiger partial charge in [0.2, 0.25) is 0 Å². The van der Waals surface area contributed by atoms with Gasteiger partial charge in [-0.15, -0.1) is 0 Å². The quantitative estimate of drug-likeness (QED) is 0.765. The molecule has 0 saturated carbocycles. The Hall–Kier alpha value is -0.880. The molecule has 1 aromatic rings. The zero-order valence-electron chi connectivity index (χ0n) is 8.21. The molecule has 14 heavy (non-hydrogen) atoms. The second kappa shape index (κ2) is 4.10. The van der Waals surface area contributed by atoms with E-state index in [9.17, 15) is 13.5 Å². The minimum Gasteiger partial charge on any atom is -0.387 e. The Labute approximate surface area is 83.3 Å². The monoisotopic (exact) mass is 218 g/mol. The predicted molar refractivity (Wildman–Crippen MR) is 52.5 cm³/mol. The summed E-state index contributed by atoms with van der Waals surface area (Å²) in [4.78, 5) is 0. The van der Waals surface area contributed by atoms with Crippen molar-refractivity contribution in [1.82, 2.24) is 9.78 Å². The van der Waals surface area contributed by atoms with Crippen molar-refractivity contribution in [3.05, 3.63) is 18.0 Å². The van der Waals surface area contributed by atoms with E-state index in [-0.39, 0.29) is 12.2 Å². The zero-order valence-corrected chi connectivity index (χ0v) is 9.03. The molecule has 1 N–H and O–H groups in total. The molecule has 1 rings (SSSR count). The molecular formula is C8H14N2O3S. The fourth-order valence-corrected chi connectivity index (χ4v) is 1.74. The Morgan fingerprint density at radius 2 is 2.29 bits per heavy atom. The van der Waals surface area contributed by atoms with Gasteiger partial charge in [-0.2, -0.15) is 5.10 Å². The Balaban J connectivity index is 2.55. The SMILES string of the molecule is Cn1ccc(C(O)CCS(C)(=O)=O)n1. The number of aryl methyl sites for hydroxylation is 1. The van der Waals surface area contributed by atoms with Gasteiger partial charge in [-0.1, -0.05) is 0 Å². The molecule has 0 radical (unpaired) electrons. The van der Waals surface area contributed by atoms with Crippen LogP contribution < -0.4 is 0 Å². The smallest absolute Gasteiger partial charge is 0.147 e. The fourth-order valence-electron chi connectivity index (χ4n) is 1.08.